The number of likely N-dealkylation sites (N-methyl/N-ethyl adjacent to an activating group) is 1. The van der Waals surface area contributed by atoms with Crippen LogP contribution in [0.5, 0.6) is 0 Å². The Morgan fingerprint density at radius 3 is 2.29 bits per heavy atom. The molecule has 0 heterocycles. The second-order valence-electron chi connectivity index (χ2n) is 5.08. The van der Waals surface area contributed by atoms with Gasteiger partial charge in [0.25, 0.3) is 0 Å². The smallest absolute Gasteiger partial charge is 0.240 e. The minimum atomic E-state index is -0.0360. The minimum absolute atomic E-state index is 0.0360. The molecule has 3 nitrogen and oxygen atoms in total. The van der Waals surface area contributed by atoms with E-state index < -0.39 is 0 Å². The number of carbonyl (C=O) groups excluding carboxylic acids is 1. The predicted molar refractivity (Wildman–Crippen MR) is 72.2 cm³/mol. The van der Waals surface area contributed by atoms with E-state index in [0.29, 0.717) is 13.1 Å². The van der Waals surface area contributed by atoms with Crippen molar-refractivity contribution in [3.05, 3.63) is 30.3 Å². The number of hydrogen-bond donors (Lipinski definition) is 1. The highest BCUT2D eigenvalue weighted by Gasteiger charge is 2.16. The van der Waals surface area contributed by atoms with Gasteiger partial charge in [0.15, 0.2) is 0 Å². The van der Waals surface area contributed by atoms with Crippen molar-refractivity contribution in [2.24, 2.45) is 0 Å². The molecular formula is C14H22N2O. The van der Waals surface area contributed by atoms with Crippen molar-refractivity contribution in [2.75, 3.05) is 18.0 Å². The summed E-state index contributed by atoms with van der Waals surface area (Å²) in [7, 11) is 0. The fraction of sp³-hybridized carbons (Fsp3) is 0.500. The van der Waals surface area contributed by atoms with Crippen LogP contribution >= 0.6 is 0 Å². The monoisotopic (exact) mass is 234 g/mol. The number of anilines is 1. The molecule has 0 atom stereocenters. The zero-order valence-corrected chi connectivity index (χ0v) is 11.2. The largest absolute Gasteiger partial charge is 0.312 e. The maximum absolute atomic E-state index is 12.1. The van der Waals surface area contributed by atoms with Crippen LogP contribution in [0.4, 0.5) is 5.69 Å². The Bertz CT molecular complexity index is 354. The molecule has 0 radical (unpaired) electrons. The van der Waals surface area contributed by atoms with Crippen LogP contribution in [0.15, 0.2) is 30.3 Å². The van der Waals surface area contributed by atoms with Gasteiger partial charge < -0.3 is 10.2 Å². The van der Waals surface area contributed by atoms with E-state index in [1.807, 2.05) is 37.3 Å². The third-order valence-corrected chi connectivity index (χ3v) is 2.46. The lowest BCUT2D eigenvalue weighted by molar-refractivity contribution is -0.118. The number of amides is 1. The second kappa shape index (κ2) is 5.82. The summed E-state index contributed by atoms with van der Waals surface area (Å²) in [4.78, 5) is 13.9. The van der Waals surface area contributed by atoms with E-state index in [1.54, 1.807) is 4.90 Å². The molecule has 0 aliphatic rings. The van der Waals surface area contributed by atoms with E-state index in [0.717, 1.165) is 5.69 Å². The van der Waals surface area contributed by atoms with Gasteiger partial charge in [-0.3, -0.25) is 4.79 Å². The zero-order chi connectivity index (χ0) is 12.9. The van der Waals surface area contributed by atoms with Gasteiger partial charge in [-0.05, 0) is 39.8 Å². The summed E-state index contributed by atoms with van der Waals surface area (Å²) in [6, 6.07) is 9.76. The Kier molecular flexibility index (Phi) is 4.70. The number of rotatable bonds is 4. The highest BCUT2D eigenvalue weighted by Crippen LogP contribution is 2.12. The number of benzene rings is 1. The lowest BCUT2D eigenvalue weighted by atomic mass is 10.1. The van der Waals surface area contributed by atoms with E-state index >= 15 is 0 Å². The van der Waals surface area contributed by atoms with Gasteiger partial charge in [0.1, 0.15) is 0 Å². The first-order valence-electron chi connectivity index (χ1n) is 6.04. The Hall–Kier alpha value is -1.35. The number of carbonyl (C=O) groups is 1. The first-order valence-corrected chi connectivity index (χ1v) is 6.04. The van der Waals surface area contributed by atoms with Crippen LogP contribution in [0.3, 0.4) is 0 Å². The SMILES string of the molecule is CCN(C(=O)CNC(C)(C)C)c1ccccc1. The Balaban J connectivity index is 2.66. The summed E-state index contributed by atoms with van der Waals surface area (Å²) in [5.74, 6) is 0.105. The topological polar surface area (TPSA) is 32.3 Å². The van der Waals surface area contributed by atoms with E-state index in [4.69, 9.17) is 0 Å². The molecule has 3 heteroatoms. The predicted octanol–water partition coefficient (Wildman–Crippen LogP) is 2.43. The van der Waals surface area contributed by atoms with E-state index in [1.165, 1.54) is 0 Å². The molecular weight excluding hydrogens is 212 g/mol. The van der Waals surface area contributed by atoms with Gasteiger partial charge in [0.2, 0.25) is 5.91 Å². The van der Waals surface area contributed by atoms with Crippen LogP contribution in [0.25, 0.3) is 0 Å². The summed E-state index contributed by atoms with van der Waals surface area (Å²) in [6.45, 7) is 9.21. The Labute approximate surface area is 104 Å². The van der Waals surface area contributed by atoms with E-state index in [2.05, 4.69) is 26.1 Å². The second-order valence-corrected chi connectivity index (χ2v) is 5.08. The summed E-state index contributed by atoms with van der Waals surface area (Å²) < 4.78 is 0. The maximum atomic E-state index is 12.1. The highest BCUT2D eigenvalue weighted by molar-refractivity contribution is 5.94. The molecule has 1 amide bonds. The molecule has 0 saturated carbocycles. The van der Waals surface area contributed by atoms with Crippen LogP contribution in [0.1, 0.15) is 27.7 Å². The van der Waals surface area contributed by atoms with Gasteiger partial charge in [-0.2, -0.15) is 0 Å². The first-order chi connectivity index (χ1) is 7.94. The molecule has 0 aliphatic heterocycles. The van der Waals surface area contributed by atoms with Gasteiger partial charge >= 0.3 is 0 Å². The summed E-state index contributed by atoms with van der Waals surface area (Å²) >= 11 is 0. The molecule has 0 saturated heterocycles. The summed E-state index contributed by atoms with van der Waals surface area (Å²) in [6.07, 6.45) is 0. The van der Waals surface area contributed by atoms with Crippen LogP contribution < -0.4 is 10.2 Å². The summed E-state index contributed by atoms with van der Waals surface area (Å²) in [5, 5.41) is 3.21. The third kappa shape index (κ3) is 4.57. The fourth-order valence-electron chi connectivity index (χ4n) is 1.55. The molecule has 1 N–H and O–H groups in total. The number of nitrogens with one attached hydrogen (secondary N) is 1. The first kappa shape index (κ1) is 13.7. The van der Waals surface area contributed by atoms with Gasteiger partial charge in [-0.1, -0.05) is 18.2 Å². The van der Waals surface area contributed by atoms with Crippen molar-refractivity contribution < 1.29 is 4.79 Å². The Morgan fingerprint density at radius 2 is 1.82 bits per heavy atom. The normalized spacial score (nSPS) is 11.3. The standard InChI is InChI=1S/C14H22N2O/c1-5-16(12-9-7-6-8-10-12)13(17)11-15-14(2,3)4/h6-10,15H,5,11H2,1-4H3. The Morgan fingerprint density at radius 1 is 1.24 bits per heavy atom. The average molecular weight is 234 g/mol. The quantitative estimate of drug-likeness (QED) is 0.867. The van der Waals surface area contributed by atoms with E-state index in [9.17, 15) is 4.79 Å². The lowest BCUT2D eigenvalue weighted by Crippen LogP contribution is -2.45. The van der Waals surface area contributed by atoms with Crippen molar-refractivity contribution >= 4 is 11.6 Å². The van der Waals surface area contributed by atoms with Gasteiger partial charge in [0.05, 0.1) is 6.54 Å². The van der Waals surface area contributed by atoms with Gasteiger partial charge in [-0.25, -0.2) is 0 Å². The van der Waals surface area contributed by atoms with Crippen molar-refractivity contribution in [1.29, 1.82) is 0 Å². The van der Waals surface area contributed by atoms with Gasteiger partial charge in [-0.15, -0.1) is 0 Å². The fourth-order valence-corrected chi connectivity index (χ4v) is 1.55. The van der Waals surface area contributed by atoms with Gasteiger partial charge in [0, 0.05) is 17.8 Å². The molecule has 94 valence electrons. The molecule has 0 fully saturated rings. The lowest BCUT2D eigenvalue weighted by Gasteiger charge is -2.25. The number of nitrogens with zero attached hydrogens (tertiary/aromatic N) is 1. The van der Waals surface area contributed by atoms with Crippen LogP contribution in [-0.2, 0) is 4.79 Å². The zero-order valence-electron chi connectivity index (χ0n) is 11.2. The van der Waals surface area contributed by atoms with Crippen molar-refractivity contribution in [1.82, 2.24) is 5.32 Å². The van der Waals surface area contributed by atoms with Crippen LogP contribution in [0.2, 0.25) is 0 Å². The molecule has 0 unspecified atom stereocenters. The average Bonchev–Trinajstić information content (AvgIpc) is 2.28. The maximum Gasteiger partial charge on any atom is 0.240 e. The third-order valence-electron chi connectivity index (χ3n) is 2.46. The van der Waals surface area contributed by atoms with Crippen molar-refractivity contribution in [3.8, 4) is 0 Å². The molecule has 1 rings (SSSR count). The minimum Gasteiger partial charge on any atom is -0.312 e. The number of para-hydroxylation sites is 1. The van der Waals surface area contributed by atoms with Crippen LogP contribution in [-0.4, -0.2) is 24.5 Å². The summed E-state index contributed by atoms with van der Waals surface area (Å²) in [5.41, 5.74) is 0.918. The van der Waals surface area contributed by atoms with E-state index in [-0.39, 0.29) is 11.4 Å². The van der Waals surface area contributed by atoms with Crippen molar-refractivity contribution in [2.45, 2.75) is 33.2 Å². The molecule has 0 aliphatic carbocycles. The molecule has 0 bridgehead atoms. The molecule has 1 aromatic carbocycles. The molecule has 0 spiro atoms. The highest BCUT2D eigenvalue weighted by atomic mass is 16.2. The molecule has 17 heavy (non-hydrogen) atoms. The molecule has 1 aromatic rings. The van der Waals surface area contributed by atoms with Crippen LogP contribution in [0, 0.1) is 0 Å². The molecule has 0 aromatic heterocycles. The number of hydrogen-bond acceptors (Lipinski definition) is 2. The van der Waals surface area contributed by atoms with Crippen molar-refractivity contribution in [3.63, 3.8) is 0 Å².